The molecule has 0 saturated heterocycles. The van der Waals surface area contributed by atoms with Crippen LogP contribution in [0, 0.1) is 5.92 Å². The highest BCUT2D eigenvalue weighted by Gasteiger charge is 2.24. The number of halogens is 1. The van der Waals surface area contributed by atoms with Crippen LogP contribution in [0.2, 0.25) is 0 Å². The average Bonchev–Trinajstić information content (AvgIpc) is 2.35. The lowest BCUT2D eigenvalue weighted by Gasteiger charge is -2.22. The molecular weight excluding hydrogens is 312 g/mol. The average molecular weight is 329 g/mol. The van der Waals surface area contributed by atoms with Crippen LogP contribution in [0.1, 0.15) is 24.2 Å². The van der Waals surface area contributed by atoms with Crippen LogP contribution in [0.4, 0.5) is 5.69 Å². The number of primary amides is 1. The number of amides is 1. The van der Waals surface area contributed by atoms with Gasteiger partial charge in [-0.15, -0.1) is 0 Å². The number of nitrogens with one attached hydrogen (secondary N) is 1. The molecule has 0 aromatic heterocycles. The van der Waals surface area contributed by atoms with Crippen LogP contribution in [0.15, 0.2) is 22.7 Å². The van der Waals surface area contributed by atoms with E-state index >= 15 is 0 Å². The van der Waals surface area contributed by atoms with Crippen molar-refractivity contribution in [2.45, 2.75) is 19.9 Å². The summed E-state index contributed by atoms with van der Waals surface area (Å²) >= 11 is 3.28. The lowest BCUT2D eigenvalue weighted by atomic mass is 10.0. The normalized spacial score (nSPS) is 12.1. The molecule has 1 aromatic rings. The van der Waals surface area contributed by atoms with E-state index in [9.17, 15) is 9.59 Å². The maximum absolute atomic E-state index is 11.7. The molecule has 0 saturated carbocycles. The largest absolute Gasteiger partial charge is 0.467 e. The Morgan fingerprint density at radius 1 is 1.37 bits per heavy atom. The lowest BCUT2D eigenvalue weighted by molar-refractivity contribution is -0.142. The zero-order chi connectivity index (χ0) is 14.6. The van der Waals surface area contributed by atoms with Crippen molar-refractivity contribution in [1.82, 2.24) is 0 Å². The van der Waals surface area contributed by atoms with Crippen LogP contribution in [0.3, 0.4) is 0 Å². The molecule has 1 unspecified atom stereocenters. The van der Waals surface area contributed by atoms with Crippen molar-refractivity contribution in [2.24, 2.45) is 11.7 Å². The molecule has 1 aromatic carbocycles. The van der Waals surface area contributed by atoms with E-state index in [1.807, 2.05) is 13.8 Å². The van der Waals surface area contributed by atoms with Crippen LogP contribution >= 0.6 is 15.9 Å². The predicted molar refractivity (Wildman–Crippen MR) is 76.9 cm³/mol. The molecule has 104 valence electrons. The summed E-state index contributed by atoms with van der Waals surface area (Å²) in [6.07, 6.45) is 0. The number of carbonyl (C=O) groups excluding carboxylic acids is 2. The maximum atomic E-state index is 11.7. The Bertz CT molecular complexity index is 489. The summed E-state index contributed by atoms with van der Waals surface area (Å²) in [7, 11) is 1.33. The van der Waals surface area contributed by atoms with Gasteiger partial charge in [0.15, 0.2) is 0 Å². The fourth-order valence-electron chi connectivity index (χ4n) is 1.64. The summed E-state index contributed by atoms with van der Waals surface area (Å²) in [6, 6.07) is 4.54. The molecule has 1 atom stereocenters. The molecule has 0 heterocycles. The molecule has 1 amide bonds. The SMILES string of the molecule is COC(=O)C(Nc1ccc(Br)cc1C(N)=O)C(C)C. The lowest BCUT2D eigenvalue weighted by Crippen LogP contribution is -2.36. The quantitative estimate of drug-likeness (QED) is 0.811. The third-order valence-electron chi connectivity index (χ3n) is 2.68. The van der Waals surface area contributed by atoms with Gasteiger partial charge in [-0.05, 0) is 24.1 Å². The number of ether oxygens (including phenoxy) is 1. The highest BCUT2D eigenvalue weighted by atomic mass is 79.9. The van der Waals surface area contributed by atoms with Gasteiger partial charge in [0.25, 0.3) is 5.91 Å². The van der Waals surface area contributed by atoms with Crippen molar-refractivity contribution >= 4 is 33.5 Å². The third kappa shape index (κ3) is 3.96. The first-order valence-electron chi connectivity index (χ1n) is 5.80. The number of anilines is 1. The van der Waals surface area contributed by atoms with Crippen molar-refractivity contribution < 1.29 is 14.3 Å². The molecular formula is C13H17BrN2O3. The molecule has 0 aliphatic heterocycles. The zero-order valence-corrected chi connectivity index (χ0v) is 12.7. The van der Waals surface area contributed by atoms with E-state index in [0.29, 0.717) is 11.3 Å². The van der Waals surface area contributed by atoms with Gasteiger partial charge < -0.3 is 15.8 Å². The number of carbonyl (C=O) groups is 2. The van der Waals surface area contributed by atoms with Crippen molar-refractivity contribution in [3.63, 3.8) is 0 Å². The van der Waals surface area contributed by atoms with Crippen LogP contribution < -0.4 is 11.1 Å². The molecule has 19 heavy (non-hydrogen) atoms. The summed E-state index contributed by atoms with van der Waals surface area (Å²) in [5.41, 5.74) is 6.16. The molecule has 1 rings (SSSR count). The molecule has 0 fully saturated rings. The van der Waals surface area contributed by atoms with Gasteiger partial charge in [-0.3, -0.25) is 4.79 Å². The third-order valence-corrected chi connectivity index (χ3v) is 3.17. The van der Waals surface area contributed by atoms with Crippen molar-refractivity contribution in [3.8, 4) is 0 Å². The van der Waals surface area contributed by atoms with Crippen LogP contribution in [-0.2, 0) is 9.53 Å². The number of benzene rings is 1. The highest BCUT2D eigenvalue weighted by molar-refractivity contribution is 9.10. The number of hydrogen-bond acceptors (Lipinski definition) is 4. The zero-order valence-electron chi connectivity index (χ0n) is 11.1. The van der Waals surface area contributed by atoms with E-state index in [-0.39, 0.29) is 11.9 Å². The first-order chi connectivity index (χ1) is 8.86. The minimum Gasteiger partial charge on any atom is -0.467 e. The molecule has 5 nitrogen and oxygen atoms in total. The second kappa shape index (κ2) is 6.56. The second-order valence-corrected chi connectivity index (χ2v) is 5.36. The van der Waals surface area contributed by atoms with Crippen molar-refractivity contribution in [1.29, 1.82) is 0 Å². The van der Waals surface area contributed by atoms with Gasteiger partial charge in [0, 0.05) is 10.2 Å². The molecule has 6 heteroatoms. The minimum atomic E-state index is -0.559. The van der Waals surface area contributed by atoms with Crippen molar-refractivity contribution in [2.75, 3.05) is 12.4 Å². The number of rotatable bonds is 5. The minimum absolute atomic E-state index is 0.0109. The van der Waals surface area contributed by atoms with Gasteiger partial charge in [-0.25, -0.2) is 4.79 Å². The van der Waals surface area contributed by atoms with Gasteiger partial charge in [0.05, 0.1) is 12.7 Å². The summed E-state index contributed by atoms with van der Waals surface area (Å²) in [6.45, 7) is 3.77. The Kier molecular flexibility index (Phi) is 5.35. The maximum Gasteiger partial charge on any atom is 0.328 e. The van der Waals surface area contributed by atoms with Gasteiger partial charge in [0.1, 0.15) is 6.04 Å². The number of nitrogens with two attached hydrogens (primary N) is 1. The number of esters is 1. The predicted octanol–water partition coefficient (Wildman–Crippen LogP) is 2.16. The highest BCUT2D eigenvalue weighted by Crippen LogP contribution is 2.23. The summed E-state index contributed by atoms with van der Waals surface area (Å²) in [5, 5.41) is 3.01. The molecule has 0 radical (unpaired) electrons. The van der Waals surface area contributed by atoms with Crippen LogP contribution in [-0.4, -0.2) is 25.0 Å². The van der Waals surface area contributed by atoms with E-state index in [4.69, 9.17) is 10.5 Å². The van der Waals surface area contributed by atoms with E-state index in [1.165, 1.54) is 7.11 Å². The molecule has 3 N–H and O–H groups in total. The van der Waals surface area contributed by atoms with Crippen LogP contribution in [0.25, 0.3) is 0 Å². The van der Waals surface area contributed by atoms with E-state index in [0.717, 1.165) is 4.47 Å². The number of methoxy groups -OCH3 is 1. The van der Waals surface area contributed by atoms with E-state index in [1.54, 1.807) is 18.2 Å². The summed E-state index contributed by atoms with van der Waals surface area (Å²) < 4.78 is 5.48. The Labute approximate surface area is 120 Å². The second-order valence-electron chi connectivity index (χ2n) is 4.44. The van der Waals surface area contributed by atoms with Crippen LogP contribution in [0.5, 0.6) is 0 Å². The summed E-state index contributed by atoms with van der Waals surface area (Å²) in [5.74, 6) is -0.929. The monoisotopic (exact) mass is 328 g/mol. The van der Waals surface area contributed by atoms with E-state index < -0.39 is 11.9 Å². The van der Waals surface area contributed by atoms with Crippen molar-refractivity contribution in [3.05, 3.63) is 28.2 Å². The molecule has 0 spiro atoms. The Morgan fingerprint density at radius 2 is 2.00 bits per heavy atom. The van der Waals surface area contributed by atoms with Gasteiger partial charge in [-0.2, -0.15) is 0 Å². The Morgan fingerprint density at radius 3 is 2.47 bits per heavy atom. The Balaban J connectivity index is 3.09. The Hall–Kier alpha value is -1.56. The van der Waals surface area contributed by atoms with Gasteiger partial charge in [0.2, 0.25) is 0 Å². The number of hydrogen-bond donors (Lipinski definition) is 2. The van der Waals surface area contributed by atoms with E-state index in [2.05, 4.69) is 21.2 Å². The van der Waals surface area contributed by atoms with Gasteiger partial charge >= 0.3 is 5.97 Å². The smallest absolute Gasteiger partial charge is 0.328 e. The standard InChI is InChI=1S/C13H17BrN2O3/c1-7(2)11(13(18)19-3)16-10-5-4-8(14)6-9(10)12(15)17/h4-7,11,16H,1-3H3,(H2,15,17). The fraction of sp³-hybridized carbons (Fsp3) is 0.385. The molecule has 0 bridgehead atoms. The first-order valence-corrected chi connectivity index (χ1v) is 6.59. The first kappa shape index (κ1) is 15.5. The topological polar surface area (TPSA) is 81.4 Å². The summed E-state index contributed by atoms with van der Waals surface area (Å²) in [4.78, 5) is 23.1. The van der Waals surface area contributed by atoms with Gasteiger partial charge in [-0.1, -0.05) is 29.8 Å². The molecule has 0 aliphatic carbocycles. The molecule has 0 aliphatic rings. The fourth-order valence-corrected chi connectivity index (χ4v) is 2.00.